The average molecular weight is 221 g/mol. The normalized spacial score (nSPS) is 11.2. The Bertz CT molecular complexity index is 262. The molecule has 0 spiro atoms. The summed E-state index contributed by atoms with van der Waals surface area (Å²) in [6.07, 6.45) is 2.12. The second-order valence-electron chi connectivity index (χ2n) is 3.20. The van der Waals surface area contributed by atoms with Crippen LogP contribution in [0.5, 0.6) is 0 Å². The fraction of sp³-hybridized carbons (Fsp3) is 0.875. The molecule has 0 rings (SSSR count). The molecule has 0 aliphatic rings. The maximum Gasteiger partial charge on any atom is 0.185 e. The summed E-state index contributed by atoms with van der Waals surface area (Å²) in [5, 5.41) is 9.43. The van der Waals surface area contributed by atoms with Gasteiger partial charge in [0.15, 0.2) is 5.96 Å². The van der Waals surface area contributed by atoms with Crippen molar-refractivity contribution in [3.05, 3.63) is 0 Å². The number of nitrogens with one attached hydrogen (secondary N) is 2. The number of hydrogen-bond acceptors (Lipinski definition) is 3. The summed E-state index contributed by atoms with van der Waals surface area (Å²) in [7, 11) is -2.89. The largest absolute Gasteiger partial charge is 0.370 e. The van der Waals surface area contributed by atoms with Gasteiger partial charge in [-0.3, -0.25) is 5.41 Å². The predicted octanol–water partition coefficient (Wildman–Crippen LogP) is 0.0745. The van der Waals surface area contributed by atoms with Crippen LogP contribution in [0.15, 0.2) is 0 Å². The predicted molar refractivity (Wildman–Crippen MR) is 58.1 cm³/mol. The fourth-order valence-corrected chi connectivity index (χ4v) is 2.50. The summed E-state index contributed by atoms with van der Waals surface area (Å²) in [5.74, 6) is 0.326. The smallest absolute Gasteiger partial charge is 0.185 e. The van der Waals surface area contributed by atoms with Crippen LogP contribution in [0.2, 0.25) is 0 Å². The van der Waals surface area contributed by atoms with Crippen LogP contribution in [0.25, 0.3) is 0 Å². The van der Waals surface area contributed by atoms with Gasteiger partial charge in [-0.2, -0.15) is 0 Å². The summed E-state index contributed by atoms with van der Waals surface area (Å²) in [4.78, 5) is 0. The van der Waals surface area contributed by atoms with E-state index in [4.69, 9.17) is 11.1 Å². The number of guanidine groups is 1. The summed E-state index contributed by atoms with van der Waals surface area (Å²) >= 11 is 0. The zero-order valence-corrected chi connectivity index (χ0v) is 9.36. The number of sulfone groups is 1. The van der Waals surface area contributed by atoms with Gasteiger partial charge in [0.1, 0.15) is 9.84 Å². The Balaban J connectivity index is 3.61. The van der Waals surface area contributed by atoms with Gasteiger partial charge in [0, 0.05) is 6.54 Å². The van der Waals surface area contributed by atoms with Crippen molar-refractivity contribution in [2.75, 3.05) is 18.1 Å². The van der Waals surface area contributed by atoms with Crippen LogP contribution in [0, 0.1) is 5.41 Å². The molecule has 0 saturated carbocycles. The lowest BCUT2D eigenvalue weighted by Gasteiger charge is -2.04. The highest BCUT2D eigenvalue weighted by molar-refractivity contribution is 7.91. The first-order valence-electron chi connectivity index (χ1n) is 4.76. The van der Waals surface area contributed by atoms with Crippen molar-refractivity contribution in [2.24, 2.45) is 5.73 Å². The number of unbranched alkanes of at least 4 members (excludes halogenated alkanes) is 1. The van der Waals surface area contributed by atoms with E-state index in [-0.39, 0.29) is 17.5 Å². The summed E-state index contributed by atoms with van der Waals surface area (Å²) in [5.41, 5.74) is 5.05. The SMILES string of the molecule is CCCCS(=O)(=O)CCCNC(=N)N. The molecule has 0 aromatic carbocycles. The van der Waals surface area contributed by atoms with E-state index in [9.17, 15) is 8.42 Å². The first-order chi connectivity index (χ1) is 6.48. The van der Waals surface area contributed by atoms with Gasteiger partial charge >= 0.3 is 0 Å². The molecule has 0 saturated heterocycles. The zero-order valence-electron chi connectivity index (χ0n) is 8.54. The minimum absolute atomic E-state index is 0.115. The van der Waals surface area contributed by atoms with E-state index < -0.39 is 9.84 Å². The quantitative estimate of drug-likeness (QED) is 0.322. The molecule has 84 valence electrons. The average Bonchev–Trinajstić information content (AvgIpc) is 2.09. The van der Waals surface area contributed by atoms with Crippen molar-refractivity contribution in [1.82, 2.24) is 5.32 Å². The molecule has 0 bridgehead atoms. The Kier molecular flexibility index (Phi) is 6.27. The molecule has 0 atom stereocenters. The van der Waals surface area contributed by atoms with Crippen LogP contribution >= 0.6 is 0 Å². The standard InChI is InChI=1S/C8H19N3O2S/c1-2-3-6-14(12,13)7-4-5-11-8(9)10/h2-7H2,1H3,(H4,9,10,11). The third-order valence-corrected chi connectivity index (χ3v) is 3.58. The molecule has 0 aliphatic heterocycles. The van der Waals surface area contributed by atoms with Gasteiger partial charge in [-0.1, -0.05) is 13.3 Å². The molecule has 0 aromatic heterocycles. The van der Waals surface area contributed by atoms with Gasteiger partial charge in [-0.05, 0) is 12.8 Å². The van der Waals surface area contributed by atoms with E-state index in [0.29, 0.717) is 13.0 Å². The van der Waals surface area contributed by atoms with E-state index in [2.05, 4.69) is 5.32 Å². The van der Waals surface area contributed by atoms with Crippen molar-refractivity contribution >= 4 is 15.8 Å². The second kappa shape index (κ2) is 6.64. The summed E-state index contributed by atoms with van der Waals surface area (Å²) < 4.78 is 22.6. The van der Waals surface area contributed by atoms with E-state index in [1.165, 1.54) is 0 Å². The van der Waals surface area contributed by atoms with Crippen molar-refractivity contribution in [3.8, 4) is 0 Å². The van der Waals surface area contributed by atoms with Crippen LogP contribution < -0.4 is 11.1 Å². The van der Waals surface area contributed by atoms with Crippen molar-refractivity contribution in [3.63, 3.8) is 0 Å². The third-order valence-electron chi connectivity index (χ3n) is 1.76. The Labute approximate surface area is 85.5 Å². The molecule has 0 heterocycles. The fourth-order valence-electron chi connectivity index (χ4n) is 0.981. The minimum atomic E-state index is -2.89. The van der Waals surface area contributed by atoms with Gasteiger partial charge in [0.2, 0.25) is 0 Å². The molecular weight excluding hydrogens is 202 g/mol. The van der Waals surface area contributed by atoms with Crippen LogP contribution in [-0.4, -0.2) is 32.4 Å². The highest BCUT2D eigenvalue weighted by Gasteiger charge is 2.08. The molecule has 0 unspecified atom stereocenters. The molecule has 0 fully saturated rings. The van der Waals surface area contributed by atoms with Crippen molar-refractivity contribution < 1.29 is 8.42 Å². The van der Waals surface area contributed by atoms with Gasteiger partial charge in [0.05, 0.1) is 11.5 Å². The van der Waals surface area contributed by atoms with Gasteiger partial charge in [0.25, 0.3) is 0 Å². The molecule has 0 amide bonds. The lowest BCUT2D eigenvalue weighted by Crippen LogP contribution is -2.31. The van der Waals surface area contributed by atoms with Gasteiger partial charge in [-0.15, -0.1) is 0 Å². The van der Waals surface area contributed by atoms with Crippen molar-refractivity contribution in [1.29, 1.82) is 5.41 Å². The molecule has 0 radical (unpaired) electrons. The Morgan fingerprint density at radius 3 is 2.43 bits per heavy atom. The molecular formula is C8H19N3O2S. The first kappa shape index (κ1) is 13.2. The topological polar surface area (TPSA) is 96.0 Å². The first-order valence-corrected chi connectivity index (χ1v) is 6.58. The van der Waals surface area contributed by atoms with Crippen molar-refractivity contribution in [2.45, 2.75) is 26.2 Å². The van der Waals surface area contributed by atoms with Gasteiger partial charge in [-0.25, -0.2) is 8.42 Å². The second-order valence-corrected chi connectivity index (χ2v) is 5.50. The van der Waals surface area contributed by atoms with Gasteiger partial charge < -0.3 is 11.1 Å². The Morgan fingerprint density at radius 2 is 1.93 bits per heavy atom. The Morgan fingerprint density at radius 1 is 1.36 bits per heavy atom. The zero-order chi connectivity index (χ0) is 11.0. The summed E-state index contributed by atoms with van der Waals surface area (Å²) in [6, 6.07) is 0. The van der Waals surface area contributed by atoms with Crippen LogP contribution in [-0.2, 0) is 9.84 Å². The number of rotatable bonds is 7. The number of nitrogens with two attached hydrogens (primary N) is 1. The van der Waals surface area contributed by atoms with Crippen LogP contribution in [0.3, 0.4) is 0 Å². The molecule has 0 aromatic rings. The van der Waals surface area contributed by atoms with E-state index >= 15 is 0 Å². The molecule has 5 nitrogen and oxygen atoms in total. The third kappa shape index (κ3) is 7.85. The maximum atomic E-state index is 11.3. The number of hydrogen-bond donors (Lipinski definition) is 3. The van der Waals surface area contributed by atoms with E-state index in [0.717, 1.165) is 12.8 Å². The Hall–Kier alpha value is -0.780. The lowest BCUT2D eigenvalue weighted by atomic mass is 10.4. The molecule has 14 heavy (non-hydrogen) atoms. The highest BCUT2D eigenvalue weighted by Crippen LogP contribution is 1.98. The summed E-state index contributed by atoms with van der Waals surface area (Å²) in [6.45, 7) is 2.41. The highest BCUT2D eigenvalue weighted by atomic mass is 32.2. The minimum Gasteiger partial charge on any atom is -0.370 e. The van der Waals surface area contributed by atoms with Crippen LogP contribution in [0.1, 0.15) is 26.2 Å². The van der Waals surface area contributed by atoms with E-state index in [1.54, 1.807) is 0 Å². The van der Waals surface area contributed by atoms with Crippen LogP contribution in [0.4, 0.5) is 0 Å². The monoisotopic (exact) mass is 221 g/mol. The maximum absolute atomic E-state index is 11.3. The molecule has 0 aliphatic carbocycles. The molecule has 6 heteroatoms. The van der Waals surface area contributed by atoms with E-state index in [1.807, 2.05) is 6.92 Å². The molecule has 4 N–H and O–H groups in total. The lowest BCUT2D eigenvalue weighted by molar-refractivity contribution is 0.589.